The lowest BCUT2D eigenvalue weighted by Gasteiger charge is -1.96. The molecule has 2 rings (SSSR count). The van der Waals surface area contributed by atoms with Crippen LogP contribution in [0.4, 0.5) is 0 Å². The minimum atomic E-state index is -0.719. The SMILES string of the molecule is N#C/C(=C/c1ccc(-c2ccc(Cl)cc2)s1)C(N)=O. The standard InChI is InChI=1S/C14H9ClN2OS/c15-11-3-1-9(2-4-11)13-6-5-12(19-13)7-10(8-16)14(17)18/h1-7H,(H2,17,18)/b10-7-. The van der Waals surface area contributed by atoms with Crippen LogP contribution in [0.25, 0.3) is 16.5 Å². The summed E-state index contributed by atoms with van der Waals surface area (Å²) in [4.78, 5) is 12.8. The van der Waals surface area contributed by atoms with Crippen molar-refractivity contribution < 1.29 is 4.79 Å². The molecule has 94 valence electrons. The van der Waals surface area contributed by atoms with Gasteiger partial charge in [0.05, 0.1) is 0 Å². The first kappa shape index (κ1) is 13.3. The van der Waals surface area contributed by atoms with Gasteiger partial charge < -0.3 is 5.73 Å². The Kier molecular flexibility index (Phi) is 4.00. The molecule has 0 aliphatic carbocycles. The molecule has 0 saturated heterocycles. The van der Waals surface area contributed by atoms with Crippen LogP contribution in [0.3, 0.4) is 0 Å². The smallest absolute Gasteiger partial charge is 0.259 e. The number of halogens is 1. The van der Waals surface area contributed by atoms with Crippen molar-refractivity contribution in [3.8, 4) is 16.5 Å². The topological polar surface area (TPSA) is 66.9 Å². The molecule has 0 radical (unpaired) electrons. The summed E-state index contributed by atoms with van der Waals surface area (Å²) in [7, 11) is 0. The van der Waals surface area contributed by atoms with E-state index in [-0.39, 0.29) is 5.57 Å². The fraction of sp³-hybridized carbons (Fsp3) is 0. The molecule has 1 heterocycles. The summed E-state index contributed by atoms with van der Waals surface area (Å²) in [5, 5.41) is 9.46. The Morgan fingerprint density at radius 1 is 1.26 bits per heavy atom. The van der Waals surface area contributed by atoms with Gasteiger partial charge in [0.15, 0.2) is 0 Å². The maximum Gasteiger partial charge on any atom is 0.259 e. The largest absolute Gasteiger partial charge is 0.365 e. The number of nitrogens with zero attached hydrogens (tertiary/aromatic N) is 1. The minimum absolute atomic E-state index is 0.0514. The van der Waals surface area contributed by atoms with Gasteiger partial charge in [0.2, 0.25) is 0 Å². The molecule has 3 nitrogen and oxygen atoms in total. The van der Waals surface area contributed by atoms with Gasteiger partial charge in [0.1, 0.15) is 11.6 Å². The van der Waals surface area contributed by atoms with Crippen LogP contribution in [0, 0.1) is 11.3 Å². The first-order valence-corrected chi connectivity index (χ1v) is 6.57. The zero-order valence-electron chi connectivity index (χ0n) is 9.76. The molecule has 0 saturated carbocycles. The lowest BCUT2D eigenvalue weighted by atomic mass is 10.2. The Balaban J connectivity index is 2.32. The molecule has 1 aromatic carbocycles. The van der Waals surface area contributed by atoms with Crippen LogP contribution in [0.2, 0.25) is 5.02 Å². The molecule has 0 bridgehead atoms. The highest BCUT2D eigenvalue weighted by Gasteiger charge is 2.06. The quantitative estimate of drug-likeness (QED) is 0.694. The number of carbonyl (C=O) groups excluding carboxylic acids is 1. The fourth-order valence-corrected chi connectivity index (χ4v) is 2.58. The number of amides is 1. The van der Waals surface area contributed by atoms with Gasteiger partial charge in [0, 0.05) is 14.8 Å². The molecular weight excluding hydrogens is 280 g/mol. The minimum Gasteiger partial charge on any atom is -0.365 e. The van der Waals surface area contributed by atoms with Gasteiger partial charge >= 0.3 is 0 Å². The molecule has 0 fully saturated rings. The highest BCUT2D eigenvalue weighted by Crippen LogP contribution is 2.30. The van der Waals surface area contributed by atoms with E-state index < -0.39 is 5.91 Å². The molecule has 1 aromatic heterocycles. The predicted octanol–water partition coefficient (Wildman–Crippen LogP) is 3.46. The molecule has 19 heavy (non-hydrogen) atoms. The first-order chi connectivity index (χ1) is 9.10. The van der Waals surface area contributed by atoms with Crippen molar-refractivity contribution in [3.63, 3.8) is 0 Å². The molecule has 2 aromatic rings. The number of hydrogen-bond acceptors (Lipinski definition) is 3. The third-order valence-electron chi connectivity index (χ3n) is 2.43. The summed E-state index contributed by atoms with van der Waals surface area (Å²) in [5.41, 5.74) is 6.07. The lowest BCUT2D eigenvalue weighted by Crippen LogP contribution is -2.12. The number of rotatable bonds is 3. The highest BCUT2D eigenvalue weighted by molar-refractivity contribution is 7.16. The number of nitrogens with two attached hydrogens (primary N) is 1. The molecule has 0 spiro atoms. The molecule has 5 heteroatoms. The zero-order valence-corrected chi connectivity index (χ0v) is 11.3. The van der Waals surface area contributed by atoms with E-state index in [2.05, 4.69) is 0 Å². The van der Waals surface area contributed by atoms with Gasteiger partial charge in [-0.3, -0.25) is 4.79 Å². The Morgan fingerprint density at radius 3 is 2.53 bits per heavy atom. The number of nitriles is 1. The number of thiophene rings is 1. The van der Waals surface area contributed by atoms with Gasteiger partial charge in [-0.1, -0.05) is 23.7 Å². The van der Waals surface area contributed by atoms with Crippen molar-refractivity contribution in [2.45, 2.75) is 0 Å². The van der Waals surface area contributed by atoms with Crippen LogP contribution in [-0.2, 0) is 4.79 Å². The number of hydrogen-bond donors (Lipinski definition) is 1. The molecule has 0 aliphatic rings. The molecular formula is C14H9ClN2OS. The van der Waals surface area contributed by atoms with E-state index in [1.165, 1.54) is 17.4 Å². The van der Waals surface area contributed by atoms with Crippen molar-refractivity contribution >= 4 is 34.9 Å². The van der Waals surface area contributed by atoms with Crippen LogP contribution < -0.4 is 5.73 Å². The van der Waals surface area contributed by atoms with Crippen molar-refractivity contribution in [2.75, 3.05) is 0 Å². The Morgan fingerprint density at radius 2 is 1.95 bits per heavy atom. The zero-order chi connectivity index (χ0) is 13.8. The first-order valence-electron chi connectivity index (χ1n) is 5.37. The highest BCUT2D eigenvalue weighted by atomic mass is 35.5. The van der Waals surface area contributed by atoms with Gasteiger partial charge in [-0.05, 0) is 35.9 Å². The molecule has 1 amide bonds. The summed E-state index contributed by atoms with van der Waals surface area (Å²) in [6.45, 7) is 0. The van der Waals surface area contributed by atoms with Gasteiger partial charge in [-0.15, -0.1) is 11.3 Å². The maximum atomic E-state index is 11.0. The lowest BCUT2D eigenvalue weighted by molar-refractivity contribution is -0.114. The maximum absolute atomic E-state index is 11.0. The van der Waals surface area contributed by atoms with Crippen LogP contribution in [0.5, 0.6) is 0 Å². The second-order valence-corrected chi connectivity index (χ2v) is 5.29. The molecule has 0 aliphatic heterocycles. The van der Waals surface area contributed by atoms with Crippen LogP contribution in [-0.4, -0.2) is 5.91 Å². The summed E-state index contributed by atoms with van der Waals surface area (Å²) >= 11 is 7.31. The van der Waals surface area contributed by atoms with Crippen LogP contribution in [0.1, 0.15) is 4.88 Å². The van der Waals surface area contributed by atoms with E-state index in [0.29, 0.717) is 5.02 Å². The van der Waals surface area contributed by atoms with Crippen molar-refractivity contribution in [1.82, 2.24) is 0 Å². The Labute approximate surface area is 119 Å². The van der Waals surface area contributed by atoms with E-state index in [1.54, 1.807) is 6.07 Å². The van der Waals surface area contributed by atoms with Crippen LogP contribution in [0.15, 0.2) is 42.0 Å². The van der Waals surface area contributed by atoms with Crippen molar-refractivity contribution in [3.05, 3.63) is 51.9 Å². The average molecular weight is 289 g/mol. The van der Waals surface area contributed by atoms with E-state index in [1.807, 2.05) is 36.4 Å². The normalized spacial score (nSPS) is 11.1. The Hall–Kier alpha value is -2.09. The number of primary amides is 1. The second-order valence-electron chi connectivity index (χ2n) is 3.74. The third-order valence-corrected chi connectivity index (χ3v) is 3.76. The van der Waals surface area contributed by atoms with E-state index in [9.17, 15) is 4.79 Å². The molecule has 0 atom stereocenters. The summed E-state index contributed by atoms with van der Waals surface area (Å²) < 4.78 is 0. The third kappa shape index (κ3) is 3.22. The summed E-state index contributed by atoms with van der Waals surface area (Å²) in [6.07, 6.45) is 1.49. The van der Waals surface area contributed by atoms with Crippen molar-refractivity contribution in [2.24, 2.45) is 5.73 Å². The Bertz CT molecular complexity index is 680. The number of carbonyl (C=O) groups is 1. The van der Waals surface area contributed by atoms with Crippen molar-refractivity contribution in [1.29, 1.82) is 5.26 Å². The predicted molar refractivity (Wildman–Crippen MR) is 77.5 cm³/mol. The van der Waals surface area contributed by atoms with Gasteiger partial charge in [0.25, 0.3) is 5.91 Å². The average Bonchev–Trinajstić information content (AvgIpc) is 2.85. The summed E-state index contributed by atoms with van der Waals surface area (Å²) in [6, 6.07) is 13.0. The van der Waals surface area contributed by atoms with Gasteiger partial charge in [-0.25, -0.2) is 0 Å². The number of benzene rings is 1. The van der Waals surface area contributed by atoms with E-state index in [0.717, 1.165) is 15.3 Å². The monoisotopic (exact) mass is 288 g/mol. The molecule has 2 N–H and O–H groups in total. The fourth-order valence-electron chi connectivity index (χ4n) is 1.50. The second kappa shape index (κ2) is 5.70. The van der Waals surface area contributed by atoms with E-state index in [4.69, 9.17) is 22.6 Å². The summed E-state index contributed by atoms with van der Waals surface area (Å²) in [5.74, 6) is -0.719. The molecule has 0 unspecified atom stereocenters. The van der Waals surface area contributed by atoms with Crippen LogP contribution >= 0.6 is 22.9 Å². The van der Waals surface area contributed by atoms with E-state index >= 15 is 0 Å². The van der Waals surface area contributed by atoms with Gasteiger partial charge in [-0.2, -0.15) is 5.26 Å².